The number of aliphatic carboxylic acids is 2. The molecule has 0 saturated carbocycles. The van der Waals surface area contributed by atoms with E-state index >= 15 is 0 Å². The fourth-order valence-electron chi connectivity index (χ4n) is 7.26. The van der Waals surface area contributed by atoms with Gasteiger partial charge in [0.2, 0.25) is 0 Å². The zero-order valence-electron chi connectivity index (χ0n) is 40.6. The van der Waals surface area contributed by atoms with Gasteiger partial charge in [0.25, 0.3) is 0 Å². The molecule has 0 aliphatic carbocycles. The van der Waals surface area contributed by atoms with E-state index < -0.39 is 23.1 Å². The number of carbonyl (C=O) groups excluding carboxylic acids is 2. The smallest absolute Gasteiger partial charge is 0.550 e. The molecule has 0 amide bonds. The largest absolute Gasteiger partial charge is 2.00 e. The number of unbranched alkanes of at least 4 members (excludes halogenated alkanes) is 28. The molecule has 0 saturated heterocycles. The van der Waals surface area contributed by atoms with Crippen molar-refractivity contribution in [3.8, 4) is 0 Å². The minimum atomic E-state index is -0.903. The van der Waals surface area contributed by atoms with Gasteiger partial charge in [0, 0.05) is 11.9 Å². The van der Waals surface area contributed by atoms with Gasteiger partial charge in [-0.15, -0.1) is 0 Å². The Morgan fingerprint density at radius 2 is 0.574 bits per heavy atom. The van der Waals surface area contributed by atoms with Crippen molar-refractivity contribution in [3.63, 3.8) is 0 Å². The number of hydrogen-bond donors (Lipinski definition) is 0. The van der Waals surface area contributed by atoms with Crippen LogP contribution in [0.5, 0.6) is 0 Å². The summed E-state index contributed by atoms with van der Waals surface area (Å²) in [5.74, 6) is -1.81. The van der Waals surface area contributed by atoms with Crippen molar-refractivity contribution in [2.45, 2.75) is 258 Å². The first-order valence-corrected chi connectivity index (χ1v) is 24.8. The Morgan fingerprint density at radius 1 is 0.377 bits per heavy atom. The molecular weight excluding hydrogens is 810 g/mol. The predicted octanol–water partition coefficient (Wildman–Crippen LogP) is 14.8. The SMILES string of the molecule is CC(C)(OOC(C)(C)c1ccccc1)c1ccccc1.CCCCCCCCCCCCCCCCCC(=O)[O-].CCCCCCCCCCCCCCCCCC(=O)[O-].[Zn+2]. The number of benzene rings is 2. The summed E-state index contributed by atoms with van der Waals surface area (Å²) in [4.78, 5) is 31.9. The Kier molecular flexibility index (Phi) is 43.2. The summed E-state index contributed by atoms with van der Waals surface area (Å²) in [6.07, 6.45) is 39.7. The first-order chi connectivity index (χ1) is 29.0. The van der Waals surface area contributed by atoms with Gasteiger partial charge in [-0.2, -0.15) is 0 Å². The van der Waals surface area contributed by atoms with Crippen LogP contribution in [0.3, 0.4) is 0 Å². The van der Waals surface area contributed by atoms with E-state index in [0.717, 1.165) is 36.8 Å². The quantitative estimate of drug-likeness (QED) is 0.0290. The third-order valence-corrected chi connectivity index (χ3v) is 11.4. The Labute approximate surface area is 389 Å². The van der Waals surface area contributed by atoms with Crippen molar-refractivity contribution >= 4 is 11.9 Å². The van der Waals surface area contributed by atoms with Gasteiger partial charge >= 0.3 is 19.5 Å². The summed E-state index contributed by atoms with van der Waals surface area (Å²) in [6, 6.07) is 20.2. The average Bonchev–Trinajstić information content (AvgIpc) is 3.24. The van der Waals surface area contributed by atoms with E-state index in [1.165, 1.54) is 167 Å². The number of carbonyl (C=O) groups is 2. The fraction of sp³-hybridized carbons (Fsp3) is 0.741. The van der Waals surface area contributed by atoms with Crippen molar-refractivity contribution in [1.29, 1.82) is 0 Å². The molecule has 0 aliphatic rings. The van der Waals surface area contributed by atoms with E-state index in [1.807, 2.05) is 88.4 Å². The van der Waals surface area contributed by atoms with Crippen LogP contribution in [0.2, 0.25) is 0 Å². The molecule has 6 nitrogen and oxygen atoms in total. The van der Waals surface area contributed by atoms with Gasteiger partial charge in [-0.3, -0.25) is 0 Å². The molecule has 0 radical (unpaired) electrons. The van der Waals surface area contributed by atoms with Crippen LogP contribution in [0.25, 0.3) is 0 Å². The van der Waals surface area contributed by atoms with Crippen molar-refractivity contribution < 1.29 is 49.1 Å². The summed E-state index contributed by atoms with van der Waals surface area (Å²) in [6.45, 7) is 12.5. The van der Waals surface area contributed by atoms with Gasteiger partial charge in [0.1, 0.15) is 11.2 Å². The number of carboxylic acid groups (broad SMARTS) is 2. The molecule has 0 bridgehead atoms. The average molecular weight is 903 g/mol. The van der Waals surface area contributed by atoms with Crippen LogP contribution in [0, 0.1) is 0 Å². The summed E-state index contributed by atoms with van der Waals surface area (Å²) < 4.78 is 0. The number of rotatable bonds is 37. The molecule has 0 atom stereocenters. The minimum Gasteiger partial charge on any atom is -0.550 e. The van der Waals surface area contributed by atoms with Gasteiger partial charge in [-0.05, 0) is 64.5 Å². The van der Waals surface area contributed by atoms with Crippen molar-refractivity contribution in [1.82, 2.24) is 0 Å². The summed E-state index contributed by atoms with van der Waals surface area (Å²) in [5.41, 5.74) is 1.19. The third kappa shape index (κ3) is 40.4. The van der Waals surface area contributed by atoms with Crippen LogP contribution in [0.15, 0.2) is 60.7 Å². The van der Waals surface area contributed by atoms with Crippen molar-refractivity contribution in [2.24, 2.45) is 0 Å². The predicted molar refractivity (Wildman–Crippen MR) is 250 cm³/mol. The molecule has 61 heavy (non-hydrogen) atoms. The van der Waals surface area contributed by atoms with E-state index in [9.17, 15) is 19.8 Å². The van der Waals surface area contributed by atoms with E-state index in [2.05, 4.69) is 13.8 Å². The van der Waals surface area contributed by atoms with Crippen molar-refractivity contribution in [2.75, 3.05) is 0 Å². The standard InChI is InChI=1S/C18H22O2.2C18H36O2.Zn/c1-17(2,15-11-7-5-8-12-15)19-20-18(3,4)16-13-9-6-10-14-16;2*1-2-3-4-5-6-7-8-9-10-11-12-13-14-15-16-17-18(19)20;/h5-14H,1-4H3;2*2-17H2,1H3,(H,19,20);/q;;;+2/p-2. The van der Waals surface area contributed by atoms with E-state index in [1.54, 1.807) is 0 Å². The van der Waals surface area contributed by atoms with Gasteiger partial charge < -0.3 is 19.8 Å². The van der Waals surface area contributed by atoms with Crippen LogP contribution < -0.4 is 10.2 Å². The zero-order chi connectivity index (χ0) is 44.4. The molecule has 0 aromatic heterocycles. The van der Waals surface area contributed by atoms with E-state index in [0.29, 0.717) is 0 Å². The molecule has 0 unspecified atom stereocenters. The number of hydrogen-bond acceptors (Lipinski definition) is 6. The van der Waals surface area contributed by atoms with Gasteiger partial charge in [0.15, 0.2) is 0 Å². The molecule has 0 fully saturated rings. The summed E-state index contributed by atoms with van der Waals surface area (Å²) in [5, 5.41) is 20.4. The zero-order valence-corrected chi connectivity index (χ0v) is 43.5. The first kappa shape index (κ1) is 61.0. The Morgan fingerprint density at radius 3 is 0.770 bits per heavy atom. The Hall–Kier alpha value is -2.08. The summed E-state index contributed by atoms with van der Waals surface area (Å²) in [7, 11) is 0. The number of carboxylic acids is 2. The second kappa shape index (κ2) is 43.2. The maximum atomic E-state index is 10.2. The van der Waals surface area contributed by atoms with E-state index in [-0.39, 0.29) is 32.3 Å². The molecule has 0 aliphatic heterocycles. The molecule has 2 rings (SSSR count). The molecule has 2 aromatic carbocycles. The molecule has 7 heteroatoms. The van der Waals surface area contributed by atoms with Gasteiger partial charge in [-0.25, -0.2) is 9.78 Å². The first-order valence-electron chi connectivity index (χ1n) is 24.8. The second-order valence-electron chi connectivity index (χ2n) is 18.1. The second-order valence-corrected chi connectivity index (χ2v) is 18.1. The monoisotopic (exact) mass is 901 g/mol. The normalized spacial score (nSPS) is 11.2. The molecule has 0 heterocycles. The molecule has 2 aromatic rings. The fourth-order valence-corrected chi connectivity index (χ4v) is 7.26. The third-order valence-electron chi connectivity index (χ3n) is 11.4. The van der Waals surface area contributed by atoms with Gasteiger partial charge in [0.05, 0.1) is 0 Å². The maximum Gasteiger partial charge on any atom is 2.00 e. The molecular formula is C54H92O6Zn. The Balaban J connectivity index is 0. The van der Waals surface area contributed by atoms with Crippen LogP contribution >= 0.6 is 0 Å². The van der Waals surface area contributed by atoms with Crippen LogP contribution in [0.4, 0.5) is 0 Å². The van der Waals surface area contributed by atoms with E-state index in [4.69, 9.17) is 9.78 Å². The van der Waals surface area contributed by atoms with Gasteiger partial charge in [-0.1, -0.05) is 254 Å². The maximum absolute atomic E-state index is 10.2. The van der Waals surface area contributed by atoms with Crippen LogP contribution in [0.1, 0.15) is 258 Å². The topological polar surface area (TPSA) is 98.7 Å². The molecule has 0 N–H and O–H groups in total. The van der Waals surface area contributed by atoms with Crippen LogP contribution in [-0.2, 0) is 50.0 Å². The molecule has 346 valence electrons. The minimum absolute atomic E-state index is 0. The Bertz CT molecular complexity index is 1120. The summed E-state index contributed by atoms with van der Waals surface area (Å²) >= 11 is 0. The molecule has 0 spiro atoms. The van der Waals surface area contributed by atoms with Crippen LogP contribution in [-0.4, -0.2) is 11.9 Å². The van der Waals surface area contributed by atoms with Crippen molar-refractivity contribution in [3.05, 3.63) is 71.8 Å².